The van der Waals surface area contributed by atoms with Crippen molar-refractivity contribution in [1.29, 1.82) is 0 Å². The lowest BCUT2D eigenvalue weighted by Gasteiger charge is -2.34. The fraction of sp³-hybridized carbons (Fsp3) is 0.500. The summed E-state index contributed by atoms with van der Waals surface area (Å²) in [5.74, 6) is -0.306. The Morgan fingerprint density at radius 3 is 2.32 bits per heavy atom. The number of carbonyl (C=O) groups excluding carboxylic acids is 1. The second-order valence-corrected chi connectivity index (χ2v) is 9.04. The number of fused-ring (bicyclic) bond motifs is 1. The summed E-state index contributed by atoms with van der Waals surface area (Å²) < 4.78 is 1.96. The van der Waals surface area contributed by atoms with Crippen molar-refractivity contribution < 1.29 is 9.90 Å². The van der Waals surface area contributed by atoms with Crippen molar-refractivity contribution in [3.8, 4) is 5.88 Å². The van der Waals surface area contributed by atoms with Crippen molar-refractivity contribution in [2.24, 2.45) is 19.1 Å². The minimum Gasteiger partial charge on any atom is -0.494 e. The van der Waals surface area contributed by atoms with Crippen LogP contribution in [0, 0.1) is 0 Å². The van der Waals surface area contributed by atoms with Gasteiger partial charge < -0.3 is 10.4 Å². The predicted molar refractivity (Wildman–Crippen MR) is 130 cm³/mol. The van der Waals surface area contributed by atoms with Gasteiger partial charge in [-0.3, -0.25) is 33.5 Å². The van der Waals surface area contributed by atoms with Crippen LogP contribution in [-0.2, 0) is 31.7 Å². The molecule has 0 spiro atoms. The standard InChI is InChI=1S/C24H32N6O4/c1-27-22(32)20(23(33)28(2)24(27)34)15-25-7-8-29-9-11-30(12-10-29)16-21(31)26-19-13-17-5-3-4-6-18(17)14-19/h3-6,15,19,32H,7-14,16H2,1-2H3,(H,26,31). The molecule has 10 nitrogen and oxygen atoms in total. The second-order valence-electron chi connectivity index (χ2n) is 9.04. The summed E-state index contributed by atoms with van der Waals surface area (Å²) in [4.78, 5) is 45.2. The maximum Gasteiger partial charge on any atom is 0.333 e. The van der Waals surface area contributed by atoms with Crippen molar-refractivity contribution in [3.63, 3.8) is 0 Å². The molecule has 2 heterocycles. The number of carbonyl (C=O) groups is 1. The van der Waals surface area contributed by atoms with Gasteiger partial charge in [0.15, 0.2) is 0 Å². The zero-order chi connectivity index (χ0) is 24.2. The van der Waals surface area contributed by atoms with Gasteiger partial charge in [0.05, 0.1) is 13.1 Å². The Morgan fingerprint density at radius 1 is 1.06 bits per heavy atom. The largest absolute Gasteiger partial charge is 0.494 e. The Labute approximate surface area is 198 Å². The van der Waals surface area contributed by atoms with Crippen molar-refractivity contribution in [2.45, 2.75) is 18.9 Å². The molecule has 1 aromatic carbocycles. The SMILES string of the molecule is Cn1c(O)c(C=NCCN2CCN(CC(=O)NC3Cc4ccccc4C3)CC2)c(=O)n(C)c1=O. The van der Waals surface area contributed by atoms with Gasteiger partial charge in [-0.15, -0.1) is 0 Å². The number of amides is 1. The summed E-state index contributed by atoms with van der Waals surface area (Å²) in [7, 11) is 2.77. The van der Waals surface area contributed by atoms with E-state index in [1.807, 2.05) is 12.1 Å². The van der Waals surface area contributed by atoms with E-state index >= 15 is 0 Å². The summed E-state index contributed by atoms with van der Waals surface area (Å²) in [6, 6.07) is 8.55. The minimum atomic E-state index is -0.584. The van der Waals surface area contributed by atoms with Gasteiger partial charge in [-0.05, 0) is 24.0 Å². The number of benzene rings is 1. The molecule has 2 N–H and O–H groups in total. The number of aromatic nitrogens is 2. The van der Waals surface area contributed by atoms with Crippen molar-refractivity contribution in [2.75, 3.05) is 45.8 Å². The molecule has 0 saturated carbocycles. The van der Waals surface area contributed by atoms with Crippen LogP contribution in [0.15, 0.2) is 38.8 Å². The molecule has 1 aliphatic carbocycles. The van der Waals surface area contributed by atoms with E-state index in [2.05, 4.69) is 32.2 Å². The number of hydrogen-bond acceptors (Lipinski definition) is 7. The van der Waals surface area contributed by atoms with Crippen LogP contribution in [0.1, 0.15) is 16.7 Å². The highest BCUT2D eigenvalue weighted by Gasteiger charge is 2.24. The number of aromatic hydroxyl groups is 1. The summed E-state index contributed by atoms with van der Waals surface area (Å²) in [6.07, 6.45) is 3.14. The normalized spacial score (nSPS) is 17.4. The monoisotopic (exact) mass is 468 g/mol. The third-order valence-electron chi connectivity index (χ3n) is 6.68. The van der Waals surface area contributed by atoms with Crippen LogP contribution in [0.4, 0.5) is 0 Å². The van der Waals surface area contributed by atoms with Crippen molar-refractivity contribution in [1.82, 2.24) is 24.3 Å². The third kappa shape index (κ3) is 5.28. The van der Waals surface area contributed by atoms with E-state index in [1.165, 1.54) is 31.4 Å². The number of nitrogens with zero attached hydrogens (tertiary/aromatic N) is 5. The minimum absolute atomic E-state index is 0.00536. The molecular weight excluding hydrogens is 436 g/mol. The molecule has 34 heavy (non-hydrogen) atoms. The number of hydrogen-bond donors (Lipinski definition) is 2. The molecule has 2 aliphatic rings. The number of aliphatic imine (C=N–C) groups is 1. The smallest absolute Gasteiger partial charge is 0.333 e. The lowest BCUT2D eigenvalue weighted by atomic mass is 10.1. The highest BCUT2D eigenvalue weighted by Crippen LogP contribution is 2.21. The lowest BCUT2D eigenvalue weighted by Crippen LogP contribution is -2.51. The van der Waals surface area contributed by atoms with Gasteiger partial charge in [0.1, 0.15) is 5.56 Å². The van der Waals surface area contributed by atoms with Gasteiger partial charge in [-0.1, -0.05) is 24.3 Å². The molecule has 0 bridgehead atoms. The maximum absolute atomic E-state index is 12.5. The fourth-order valence-electron chi connectivity index (χ4n) is 4.64. The van der Waals surface area contributed by atoms with E-state index in [4.69, 9.17) is 0 Å². The molecular formula is C24H32N6O4. The van der Waals surface area contributed by atoms with Crippen LogP contribution < -0.4 is 16.6 Å². The first-order valence-corrected chi connectivity index (χ1v) is 11.6. The van der Waals surface area contributed by atoms with E-state index in [1.54, 1.807) is 0 Å². The molecule has 1 saturated heterocycles. The Bertz CT molecular complexity index is 1170. The molecule has 1 fully saturated rings. The molecule has 1 aliphatic heterocycles. The summed E-state index contributed by atoms with van der Waals surface area (Å²) >= 11 is 0. The Kier molecular flexibility index (Phi) is 7.28. The molecule has 1 amide bonds. The molecule has 0 atom stereocenters. The van der Waals surface area contributed by atoms with Crippen LogP contribution >= 0.6 is 0 Å². The Balaban J connectivity index is 1.18. The molecule has 0 unspecified atom stereocenters. The van der Waals surface area contributed by atoms with E-state index < -0.39 is 11.2 Å². The Morgan fingerprint density at radius 2 is 1.68 bits per heavy atom. The van der Waals surface area contributed by atoms with E-state index in [0.717, 1.165) is 48.2 Å². The number of piperazine rings is 1. The lowest BCUT2D eigenvalue weighted by molar-refractivity contribution is -0.123. The topological polar surface area (TPSA) is 112 Å². The van der Waals surface area contributed by atoms with Crippen LogP contribution in [0.2, 0.25) is 0 Å². The highest BCUT2D eigenvalue weighted by atomic mass is 16.3. The summed E-state index contributed by atoms with van der Waals surface area (Å²) in [6.45, 7) is 4.88. The zero-order valence-electron chi connectivity index (χ0n) is 19.7. The molecule has 10 heteroatoms. The molecule has 1 aromatic heterocycles. The van der Waals surface area contributed by atoms with E-state index in [0.29, 0.717) is 19.6 Å². The van der Waals surface area contributed by atoms with Crippen molar-refractivity contribution in [3.05, 3.63) is 61.8 Å². The zero-order valence-corrected chi connectivity index (χ0v) is 19.7. The number of nitrogens with one attached hydrogen (secondary N) is 1. The van der Waals surface area contributed by atoms with Crippen molar-refractivity contribution >= 4 is 12.1 Å². The molecule has 2 aromatic rings. The van der Waals surface area contributed by atoms with Gasteiger partial charge in [-0.2, -0.15) is 0 Å². The van der Waals surface area contributed by atoms with Crippen LogP contribution in [0.5, 0.6) is 5.88 Å². The third-order valence-corrected chi connectivity index (χ3v) is 6.68. The first-order valence-electron chi connectivity index (χ1n) is 11.6. The van der Waals surface area contributed by atoms with Gasteiger partial charge in [0.25, 0.3) is 5.56 Å². The predicted octanol–water partition coefficient (Wildman–Crippen LogP) is -0.890. The average Bonchev–Trinajstić information content (AvgIpc) is 3.24. The summed E-state index contributed by atoms with van der Waals surface area (Å²) in [5, 5.41) is 13.3. The van der Waals surface area contributed by atoms with Gasteiger partial charge >= 0.3 is 5.69 Å². The molecule has 4 rings (SSSR count). The van der Waals surface area contributed by atoms with Crippen LogP contribution in [0.3, 0.4) is 0 Å². The van der Waals surface area contributed by atoms with Crippen LogP contribution in [0.25, 0.3) is 0 Å². The van der Waals surface area contributed by atoms with E-state index in [-0.39, 0.29) is 23.4 Å². The van der Waals surface area contributed by atoms with Crippen LogP contribution in [-0.4, -0.2) is 88.0 Å². The quantitative estimate of drug-likeness (QED) is 0.510. The average molecular weight is 469 g/mol. The van der Waals surface area contributed by atoms with Gasteiger partial charge in [-0.25, -0.2) is 4.79 Å². The van der Waals surface area contributed by atoms with E-state index in [9.17, 15) is 19.5 Å². The Hall–Kier alpha value is -3.24. The molecule has 0 radical (unpaired) electrons. The first-order chi connectivity index (χ1) is 16.3. The second kappa shape index (κ2) is 10.4. The first kappa shape index (κ1) is 23.9. The van der Waals surface area contributed by atoms with Gasteiger partial charge in [0, 0.05) is 59.1 Å². The molecule has 182 valence electrons. The summed E-state index contributed by atoms with van der Waals surface area (Å²) in [5.41, 5.74) is 1.51. The number of rotatable bonds is 7. The maximum atomic E-state index is 12.5. The highest BCUT2D eigenvalue weighted by molar-refractivity contribution is 5.81. The van der Waals surface area contributed by atoms with Gasteiger partial charge in [0.2, 0.25) is 11.8 Å². The fourth-order valence-corrected chi connectivity index (χ4v) is 4.64.